The minimum absolute atomic E-state index is 0.429. The Morgan fingerprint density at radius 2 is 2.00 bits per heavy atom. The molecule has 0 fully saturated rings. The molecule has 0 heterocycles. The van der Waals surface area contributed by atoms with Gasteiger partial charge < -0.3 is 13.9 Å². The van der Waals surface area contributed by atoms with Gasteiger partial charge in [-0.05, 0) is 6.92 Å². The number of hydrogen-bond donors (Lipinski definition) is 0. The van der Waals surface area contributed by atoms with Gasteiger partial charge in [-0.3, -0.25) is 0 Å². The zero-order valence-electron chi connectivity index (χ0n) is 7.62. The van der Waals surface area contributed by atoms with Crippen molar-refractivity contribution in [3.8, 4) is 0 Å². The second-order valence-electron chi connectivity index (χ2n) is 2.35. The average Bonchev–Trinajstić information content (AvgIpc) is 2.13. The lowest BCUT2D eigenvalue weighted by molar-refractivity contribution is -0.146. The van der Waals surface area contributed by atoms with Gasteiger partial charge in [-0.1, -0.05) is 6.58 Å². The topological polar surface area (TPSA) is 44.8 Å². The maximum absolute atomic E-state index is 10.7. The molecule has 0 aliphatic heterocycles. The van der Waals surface area contributed by atoms with Gasteiger partial charge in [-0.15, -0.1) is 0 Å². The second kappa shape index (κ2) is 5.07. The second-order valence-corrected chi connectivity index (χ2v) is 4.22. The molecule has 4 nitrogen and oxygen atoms in total. The maximum atomic E-state index is 10.7. The van der Waals surface area contributed by atoms with E-state index in [1.165, 1.54) is 14.2 Å². The Morgan fingerprint density at radius 1 is 1.50 bits per heavy atom. The Morgan fingerprint density at radius 3 is 2.33 bits per heavy atom. The van der Waals surface area contributed by atoms with Crippen molar-refractivity contribution in [1.82, 2.24) is 0 Å². The lowest BCUT2D eigenvalue weighted by Crippen LogP contribution is -2.39. The molecule has 0 amide bonds. The van der Waals surface area contributed by atoms with Crippen LogP contribution in [0.4, 0.5) is 0 Å². The number of carbonyl (C=O) groups is 1. The van der Waals surface area contributed by atoms with E-state index in [2.05, 4.69) is 6.58 Å². The van der Waals surface area contributed by atoms with E-state index >= 15 is 0 Å². The fourth-order valence-corrected chi connectivity index (χ4v) is 1.22. The highest BCUT2D eigenvalue weighted by atomic mass is 28.2. The summed E-state index contributed by atoms with van der Waals surface area (Å²) in [6.45, 7) is 5.01. The number of ether oxygens (including phenoxy) is 2. The number of methoxy groups -OCH3 is 2. The van der Waals surface area contributed by atoms with E-state index in [0.29, 0.717) is 0 Å². The average molecular weight is 190 g/mol. The van der Waals surface area contributed by atoms with E-state index in [-0.39, 0.29) is 0 Å². The number of carbonyl (C=O) groups excluding carboxylic acids is 1. The third-order valence-electron chi connectivity index (χ3n) is 1.51. The van der Waals surface area contributed by atoms with Gasteiger partial charge in [0, 0.05) is 20.3 Å². The van der Waals surface area contributed by atoms with E-state index < -0.39 is 21.1 Å². The standard InChI is InChI=1S/C7H14O4Si/c1-5-6(8)11-12-7(2,9-3)10-4/h5H,1,12H2,2-4H3. The van der Waals surface area contributed by atoms with Crippen LogP contribution in [0.15, 0.2) is 12.7 Å². The molecular weight excluding hydrogens is 176 g/mol. The normalized spacial score (nSPS) is 11.9. The molecule has 0 bridgehead atoms. The van der Waals surface area contributed by atoms with E-state index in [9.17, 15) is 4.79 Å². The van der Waals surface area contributed by atoms with E-state index in [0.717, 1.165) is 6.08 Å². The fourth-order valence-electron chi connectivity index (χ4n) is 0.462. The smallest absolute Gasteiger partial charge is 0.316 e. The monoisotopic (exact) mass is 190 g/mol. The molecule has 0 rings (SSSR count). The van der Waals surface area contributed by atoms with Crippen LogP contribution in [0.3, 0.4) is 0 Å². The summed E-state index contributed by atoms with van der Waals surface area (Å²) in [4.78, 5) is 10.7. The van der Waals surface area contributed by atoms with Crippen molar-refractivity contribution in [3.05, 3.63) is 12.7 Å². The first-order valence-corrected chi connectivity index (χ1v) is 4.76. The predicted octanol–water partition coefficient (Wildman–Crippen LogP) is -0.234. The van der Waals surface area contributed by atoms with Crippen molar-refractivity contribution in [2.75, 3.05) is 14.2 Å². The fraction of sp³-hybridized carbons (Fsp3) is 0.571. The highest BCUT2D eigenvalue weighted by molar-refractivity contribution is 6.34. The minimum atomic E-state index is -1.19. The Hall–Kier alpha value is -0.653. The summed E-state index contributed by atoms with van der Waals surface area (Å²) in [5.41, 5.74) is -0.737. The van der Waals surface area contributed by atoms with Gasteiger partial charge in [0.25, 0.3) is 9.76 Å². The van der Waals surface area contributed by atoms with Crippen molar-refractivity contribution >= 4 is 15.7 Å². The highest BCUT2D eigenvalue weighted by Gasteiger charge is 2.25. The molecule has 0 N–H and O–H groups in total. The van der Waals surface area contributed by atoms with Crippen molar-refractivity contribution in [1.29, 1.82) is 0 Å². The minimum Gasteiger partial charge on any atom is -0.516 e. The van der Waals surface area contributed by atoms with Crippen LogP contribution in [-0.2, 0) is 18.7 Å². The summed E-state index contributed by atoms with van der Waals surface area (Å²) in [6.07, 6.45) is 1.12. The molecule has 0 saturated carbocycles. The Labute approximate surface area is 74.4 Å². The SMILES string of the molecule is C=CC(=O)O[SiH2]C(C)(OC)OC. The molecule has 0 atom stereocenters. The van der Waals surface area contributed by atoms with Crippen molar-refractivity contribution < 1.29 is 18.7 Å². The summed E-state index contributed by atoms with van der Waals surface area (Å²) in [7, 11) is 1.83. The van der Waals surface area contributed by atoms with Gasteiger partial charge in [0.1, 0.15) is 0 Å². The van der Waals surface area contributed by atoms with Gasteiger partial charge >= 0.3 is 5.97 Å². The Kier molecular flexibility index (Phi) is 4.80. The van der Waals surface area contributed by atoms with Crippen LogP contribution in [-0.4, -0.2) is 35.4 Å². The Bertz CT molecular complexity index is 165. The van der Waals surface area contributed by atoms with Crippen molar-refractivity contribution in [3.63, 3.8) is 0 Å². The van der Waals surface area contributed by atoms with Crippen LogP contribution in [0.25, 0.3) is 0 Å². The van der Waals surface area contributed by atoms with Crippen LogP contribution < -0.4 is 0 Å². The molecule has 0 saturated heterocycles. The number of rotatable bonds is 5. The molecule has 0 aromatic rings. The molecule has 0 aromatic carbocycles. The van der Waals surface area contributed by atoms with Crippen molar-refractivity contribution in [2.45, 2.75) is 12.3 Å². The molecule has 5 heteroatoms. The third kappa shape index (κ3) is 3.66. The van der Waals surface area contributed by atoms with Crippen LogP contribution >= 0.6 is 0 Å². The first kappa shape index (κ1) is 11.3. The molecule has 0 aromatic heterocycles. The zero-order valence-corrected chi connectivity index (χ0v) is 9.04. The number of hydrogen-bond acceptors (Lipinski definition) is 4. The summed E-state index contributed by atoms with van der Waals surface area (Å²) in [5.74, 6) is -0.429. The van der Waals surface area contributed by atoms with Gasteiger partial charge in [-0.25, -0.2) is 4.79 Å². The molecule has 0 aliphatic carbocycles. The van der Waals surface area contributed by atoms with E-state index in [1.807, 2.05) is 0 Å². The van der Waals surface area contributed by atoms with Crippen LogP contribution in [0.5, 0.6) is 0 Å². The molecule has 0 spiro atoms. The van der Waals surface area contributed by atoms with E-state index in [4.69, 9.17) is 13.9 Å². The zero-order chi connectivity index (χ0) is 9.61. The van der Waals surface area contributed by atoms with Crippen molar-refractivity contribution in [2.24, 2.45) is 0 Å². The molecule has 0 radical (unpaired) electrons. The highest BCUT2D eigenvalue weighted by Crippen LogP contribution is 2.07. The largest absolute Gasteiger partial charge is 0.516 e. The lowest BCUT2D eigenvalue weighted by atomic mass is 10.7. The maximum Gasteiger partial charge on any atom is 0.316 e. The first-order chi connectivity index (χ1) is 5.58. The summed E-state index contributed by atoms with van der Waals surface area (Å²) >= 11 is 0. The molecule has 12 heavy (non-hydrogen) atoms. The molecule has 0 unspecified atom stereocenters. The molecular formula is C7H14O4Si. The lowest BCUT2D eigenvalue weighted by Gasteiger charge is -2.24. The Balaban J connectivity index is 3.88. The van der Waals surface area contributed by atoms with Gasteiger partial charge in [0.2, 0.25) is 0 Å². The van der Waals surface area contributed by atoms with E-state index in [1.54, 1.807) is 6.92 Å². The van der Waals surface area contributed by atoms with Gasteiger partial charge in [-0.2, -0.15) is 0 Å². The van der Waals surface area contributed by atoms with Gasteiger partial charge in [0.15, 0.2) is 5.41 Å². The van der Waals surface area contributed by atoms with Crippen LogP contribution in [0, 0.1) is 0 Å². The predicted molar refractivity (Wildman–Crippen MR) is 47.3 cm³/mol. The quantitative estimate of drug-likeness (QED) is 0.341. The molecule has 0 aliphatic rings. The third-order valence-corrected chi connectivity index (χ3v) is 3.04. The first-order valence-electron chi connectivity index (χ1n) is 3.47. The summed E-state index contributed by atoms with van der Waals surface area (Å²) in [5, 5.41) is 0. The van der Waals surface area contributed by atoms with Crippen LogP contribution in [0.1, 0.15) is 6.92 Å². The van der Waals surface area contributed by atoms with Crippen LogP contribution in [0.2, 0.25) is 0 Å². The van der Waals surface area contributed by atoms with Gasteiger partial charge in [0.05, 0.1) is 0 Å². The summed E-state index contributed by atoms with van der Waals surface area (Å²) in [6, 6.07) is 0. The molecule has 70 valence electrons. The summed E-state index contributed by atoms with van der Waals surface area (Å²) < 4.78 is 14.9.